The van der Waals surface area contributed by atoms with Crippen LogP contribution in [0.25, 0.3) is 0 Å². The van der Waals surface area contributed by atoms with E-state index in [1.165, 1.54) is 18.4 Å². The lowest BCUT2D eigenvalue weighted by molar-refractivity contribution is 0.0909. The molecule has 0 bridgehead atoms. The van der Waals surface area contributed by atoms with Gasteiger partial charge in [-0.1, -0.05) is 17.7 Å². The lowest BCUT2D eigenvalue weighted by Crippen LogP contribution is -2.44. The maximum Gasteiger partial charge on any atom is 0.251 e. The molecule has 2 fully saturated rings. The number of carbonyl (C=O) groups excluding carboxylic acids is 1. The van der Waals surface area contributed by atoms with Gasteiger partial charge in [0.1, 0.15) is 0 Å². The average molecular weight is 399 g/mol. The summed E-state index contributed by atoms with van der Waals surface area (Å²) in [4.78, 5) is 21.6. The highest BCUT2D eigenvalue weighted by Gasteiger charge is 2.22. The van der Waals surface area contributed by atoms with Crippen molar-refractivity contribution in [2.24, 2.45) is 0 Å². The van der Waals surface area contributed by atoms with Crippen LogP contribution in [0.15, 0.2) is 42.7 Å². The van der Waals surface area contributed by atoms with Gasteiger partial charge >= 0.3 is 0 Å². The minimum absolute atomic E-state index is 0.0272. The van der Waals surface area contributed by atoms with E-state index >= 15 is 0 Å². The summed E-state index contributed by atoms with van der Waals surface area (Å²) >= 11 is 6.46. The second kappa shape index (κ2) is 8.93. The van der Waals surface area contributed by atoms with E-state index in [9.17, 15) is 4.79 Å². The molecule has 148 valence electrons. The average Bonchev–Trinajstić information content (AvgIpc) is 3.25. The lowest BCUT2D eigenvalue weighted by atomic mass is 10.0. The highest BCUT2D eigenvalue weighted by Crippen LogP contribution is 2.29. The van der Waals surface area contributed by atoms with Gasteiger partial charge in [0, 0.05) is 56.7 Å². The molecule has 1 amide bonds. The van der Waals surface area contributed by atoms with Crippen LogP contribution in [-0.2, 0) is 6.54 Å². The van der Waals surface area contributed by atoms with E-state index in [4.69, 9.17) is 11.6 Å². The first kappa shape index (κ1) is 19.2. The number of pyridine rings is 1. The van der Waals surface area contributed by atoms with Crippen molar-refractivity contribution in [3.63, 3.8) is 0 Å². The van der Waals surface area contributed by atoms with Gasteiger partial charge in [-0.2, -0.15) is 0 Å². The van der Waals surface area contributed by atoms with E-state index in [0.29, 0.717) is 10.6 Å². The summed E-state index contributed by atoms with van der Waals surface area (Å²) in [6, 6.07) is 9.99. The minimum Gasteiger partial charge on any atom is -0.370 e. The molecule has 0 spiro atoms. The number of halogens is 1. The molecule has 2 aliphatic rings. The van der Waals surface area contributed by atoms with Crippen molar-refractivity contribution < 1.29 is 4.79 Å². The summed E-state index contributed by atoms with van der Waals surface area (Å²) in [5, 5.41) is 3.85. The second-order valence-corrected chi connectivity index (χ2v) is 8.15. The molecule has 1 N–H and O–H groups in total. The van der Waals surface area contributed by atoms with Gasteiger partial charge in [0.15, 0.2) is 0 Å². The van der Waals surface area contributed by atoms with Crippen molar-refractivity contribution in [3.05, 3.63) is 58.9 Å². The first-order chi connectivity index (χ1) is 13.7. The predicted molar refractivity (Wildman–Crippen MR) is 113 cm³/mol. The Balaban J connectivity index is 1.29. The van der Waals surface area contributed by atoms with E-state index in [2.05, 4.69) is 26.2 Å². The Bertz CT molecular complexity index is 799. The molecule has 2 aliphatic heterocycles. The van der Waals surface area contributed by atoms with Crippen LogP contribution in [0, 0.1) is 0 Å². The third kappa shape index (κ3) is 4.65. The molecule has 0 saturated carbocycles. The van der Waals surface area contributed by atoms with Crippen LogP contribution in [0.3, 0.4) is 0 Å². The molecule has 4 rings (SSSR count). The van der Waals surface area contributed by atoms with Crippen LogP contribution in [0.5, 0.6) is 0 Å². The van der Waals surface area contributed by atoms with Gasteiger partial charge in [0.25, 0.3) is 5.91 Å². The maximum atomic E-state index is 12.7. The van der Waals surface area contributed by atoms with Crippen molar-refractivity contribution in [2.45, 2.75) is 38.3 Å². The summed E-state index contributed by atoms with van der Waals surface area (Å²) in [5.74, 6) is -0.0272. The molecule has 0 aliphatic carbocycles. The number of hydrogen-bond donors (Lipinski definition) is 1. The third-order valence-electron chi connectivity index (χ3n) is 5.71. The van der Waals surface area contributed by atoms with Gasteiger partial charge in [-0.15, -0.1) is 0 Å². The number of likely N-dealkylation sites (tertiary alicyclic amines) is 1. The zero-order valence-electron chi connectivity index (χ0n) is 16.1. The molecule has 1 aromatic carbocycles. The van der Waals surface area contributed by atoms with Crippen LogP contribution in [0.4, 0.5) is 5.69 Å². The van der Waals surface area contributed by atoms with Crippen LogP contribution >= 0.6 is 11.6 Å². The van der Waals surface area contributed by atoms with Crippen molar-refractivity contribution in [1.29, 1.82) is 0 Å². The zero-order chi connectivity index (χ0) is 19.3. The maximum absolute atomic E-state index is 12.7. The van der Waals surface area contributed by atoms with Crippen molar-refractivity contribution >= 4 is 23.2 Å². The highest BCUT2D eigenvalue weighted by atomic mass is 35.5. The number of nitrogens with one attached hydrogen (secondary N) is 1. The Labute approximate surface area is 171 Å². The van der Waals surface area contributed by atoms with Crippen LogP contribution in [0.2, 0.25) is 5.02 Å². The van der Waals surface area contributed by atoms with Gasteiger partial charge in [-0.3, -0.25) is 14.7 Å². The van der Waals surface area contributed by atoms with Gasteiger partial charge < -0.3 is 10.2 Å². The van der Waals surface area contributed by atoms with Gasteiger partial charge in [-0.25, -0.2) is 0 Å². The fraction of sp³-hybridized carbons (Fsp3) is 0.455. The first-order valence-electron chi connectivity index (χ1n) is 10.2. The third-order valence-corrected chi connectivity index (χ3v) is 6.01. The molecule has 0 atom stereocenters. The first-order valence-corrected chi connectivity index (χ1v) is 10.5. The molecular weight excluding hydrogens is 372 g/mol. The fourth-order valence-corrected chi connectivity index (χ4v) is 4.42. The molecule has 2 aromatic rings. The summed E-state index contributed by atoms with van der Waals surface area (Å²) < 4.78 is 0. The number of amides is 1. The number of anilines is 1. The molecule has 0 unspecified atom stereocenters. The molecule has 3 heterocycles. The van der Waals surface area contributed by atoms with Gasteiger partial charge in [0.2, 0.25) is 0 Å². The minimum atomic E-state index is -0.0272. The van der Waals surface area contributed by atoms with Crippen LogP contribution in [-0.4, -0.2) is 48.0 Å². The van der Waals surface area contributed by atoms with E-state index in [1.807, 2.05) is 30.5 Å². The number of nitrogens with zero attached hydrogens (tertiary/aromatic N) is 3. The molecule has 2 saturated heterocycles. The Kier molecular flexibility index (Phi) is 6.13. The van der Waals surface area contributed by atoms with Crippen LogP contribution in [0.1, 0.15) is 41.6 Å². The van der Waals surface area contributed by atoms with E-state index in [1.54, 1.807) is 6.20 Å². The van der Waals surface area contributed by atoms with Crippen molar-refractivity contribution in [1.82, 2.24) is 15.2 Å². The topological polar surface area (TPSA) is 48.5 Å². The lowest BCUT2D eigenvalue weighted by Gasteiger charge is -2.32. The normalized spacial score (nSPS) is 18.4. The number of benzene rings is 1. The summed E-state index contributed by atoms with van der Waals surface area (Å²) in [7, 11) is 0. The molecular formula is C22H27ClN4O. The fourth-order valence-electron chi connectivity index (χ4n) is 4.12. The number of rotatable bonds is 5. The number of aromatic nitrogens is 1. The Morgan fingerprint density at radius 3 is 2.61 bits per heavy atom. The zero-order valence-corrected chi connectivity index (χ0v) is 16.9. The van der Waals surface area contributed by atoms with E-state index in [0.717, 1.165) is 51.3 Å². The Hall–Kier alpha value is -2.11. The van der Waals surface area contributed by atoms with Gasteiger partial charge in [0.05, 0.1) is 10.7 Å². The highest BCUT2D eigenvalue weighted by molar-refractivity contribution is 6.33. The summed E-state index contributed by atoms with van der Waals surface area (Å²) in [6.45, 7) is 4.97. The standard InChI is InChI=1S/C22H27ClN4O/c23-20-14-18(5-6-21(20)27-10-1-2-11-27)22(28)25-19-7-12-26(13-8-19)16-17-4-3-9-24-15-17/h3-6,9,14-15,19H,1-2,7-8,10-13,16H2,(H,25,28). The van der Waals surface area contributed by atoms with E-state index in [-0.39, 0.29) is 11.9 Å². The SMILES string of the molecule is O=C(NC1CCN(Cc2cccnc2)CC1)c1ccc(N2CCCC2)c(Cl)c1. The molecule has 28 heavy (non-hydrogen) atoms. The summed E-state index contributed by atoms with van der Waals surface area (Å²) in [5.41, 5.74) is 2.92. The smallest absolute Gasteiger partial charge is 0.251 e. The monoisotopic (exact) mass is 398 g/mol. The summed E-state index contributed by atoms with van der Waals surface area (Å²) in [6.07, 6.45) is 8.06. The molecule has 6 heteroatoms. The van der Waals surface area contributed by atoms with Gasteiger partial charge in [-0.05, 0) is 55.5 Å². The van der Waals surface area contributed by atoms with E-state index < -0.39 is 0 Å². The predicted octanol–water partition coefficient (Wildman–Crippen LogP) is 3.73. The number of hydrogen-bond acceptors (Lipinski definition) is 4. The molecule has 0 radical (unpaired) electrons. The second-order valence-electron chi connectivity index (χ2n) is 7.75. The Morgan fingerprint density at radius 1 is 1.14 bits per heavy atom. The van der Waals surface area contributed by atoms with Crippen LogP contribution < -0.4 is 10.2 Å². The Morgan fingerprint density at radius 2 is 1.93 bits per heavy atom. The molecule has 5 nitrogen and oxygen atoms in total. The van der Waals surface area contributed by atoms with Crippen molar-refractivity contribution in [3.8, 4) is 0 Å². The quantitative estimate of drug-likeness (QED) is 0.833. The van der Waals surface area contributed by atoms with Crippen molar-refractivity contribution in [2.75, 3.05) is 31.1 Å². The number of piperidine rings is 1. The molecule has 1 aromatic heterocycles. The number of carbonyl (C=O) groups is 1. The largest absolute Gasteiger partial charge is 0.370 e.